The molecule has 1 aliphatic rings. The van der Waals surface area contributed by atoms with Gasteiger partial charge in [-0.1, -0.05) is 6.07 Å². The van der Waals surface area contributed by atoms with Gasteiger partial charge in [-0.25, -0.2) is 19.4 Å². The van der Waals surface area contributed by atoms with Gasteiger partial charge in [-0.2, -0.15) is 5.10 Å². The van der Waals surface area contributed by atoms with Crippen LogP contribution in [0.25, 0.3) is 33.2 Å². The molecule has 4 heterocycles. The molecule has 4 aromatic rings. The highest BCUT2D eigenvalue weighted by atomic mass is 16.6. The van der Waals surface area contributed by atoms with E-state index < -0.39 is 5.60 Å². The van der Waals surface area contributed by atoms with Crippen LogP contribution in [0.2, 0.25) is 0 Å². The van der Waals surface area contributed by atoms with Crippen LogP contribution < -0.4 is 5.73 Å². The molecule has 178 valence electrons. The van der Waals surface area contributed by atoms with Crippen molar-refractivity contribution >= 4 is 33.8 Å². The van der Waals surface area contributed by atoms with Gasteiger partial charge < -0.3 is 20.4 Å². The van der Waals surface area contributed by atoms with E-state index in [1.165, 1.54) is 6.33 Å². The zero-order valence-electron chi connectivity index (χ0n) is 19.9. The number of ether oxygens (including phenoxy) is 1. The van der Waals surface area contributed by atoms with Crippen molar-refractivity contribution in [1.29, 1.82) is 0 Å². The number of hydrogen-bond acceptors (Lipinski definition) is 6. The number of aryl methyl sites for hydroxylation is 1. The Labute approximate surface area is 198 Å². The Morgan fingerprint density at radius 3 is 2.76 bits per heavy atom. The Kier molecular flexibility index (Phi) is 5.63. The third-order valence-electron chi connectivity index (χ3n) is 6.40. The van der Waals surface area contributed by atoms with Crippen molar-refractivity contribution in [3.63, 3.8) is 0 Å². The van der Waals surface area contributed by atoms with Crippen LogP contribution in [-0.2, 0) is 11.3 Å². The fourth-order valence-electron chi connectivity index (χ4n) is 4.62. The summed E-state index contributed by atoms with van der Waals surface area (Å²) in [5, 5.41) is 6.83. The van der Waals surface area contributed by atoms with Gasteiger partial charge in [-0.3, -0.25) is 0 Å². The van der Waals surface area contributed by atoms with Crippen molar-refractivity contribution < 1.29 is 9.53 Å². The number of nitrogens with one attached hydrogen (secondary N) is 1. The number of hydrogen-bond donors (Lipinski definition) is 2. The summed E-state index contributed by atoms with van der Waals surface area (Å²) in [6, 6.07) is 8.25. The Balaban J connectivity index is 1.31. The van der Waals surface area contributed by atoms with Gasteiger partial charge in [-0.05, 0) is 64.2 Å². The highest BCUT2D eigenvalue weighted by Crippen LogP contribution is 2.32. The number of anilines is 1. The Morgan fingerprint density at radius 2 is 2.00 bits per heavy atom. The van der Waals surface area contributed by atoms with E-state index in [1.54, 1.807) is 0 Å². The van der Waals surface area contributed by atoms with E-state index in [2.05, 4.69) is 21.0 Å². The zero-order chi connectivity index (χ0) is 23.9. The summed E-state index contributed by atoms with van der Waals surface area (Å²) in [6.45, 7) is 7.86. The molecule has 0 spiro atoms. The molecule has 3 N–H and O–H groups in total. The molecule has 1 aromatic carbocycles. The molecule has 34 heavy (non-hydrogen) atoms. The molecule has 9 nitrogen and oxygen atoms in total. The second kappa shape index (κ2) is 8.62. The number of carbonyl (C=O) groups excluding carboxylic acids is 1. The molecule has 1 fully saturated rings. The minimum atomic E-state index is -0.470. The quantitative estimate of drug-likeness (QED) is 0.459. The number of carbonyl (C=O) groups is 1. The number of benzene rings is 1. The highest BCUT2D eigenvalue weighted by molar-refractivity contribution is 5.99. The van der Waals surface area contributed by atoms with Gasteiger partial charge in [0.25, 0.3) is 0 Å². The van der Waals surface area contributed by atoms with Gasteiger partial charge in [0.05, 0.1) is 5.39 Å². The van der Waals surface area contributed by atoms with E-state index in [9.17, 15) is 4.79 Å². The van der Waals surface area contributed by atoms with E-state index in [4.69, 9.17) is 15.6 Å². The van der Waals surface area contributed by atoms with Crippen molar-refractivity contribution in [2.24, 2.45) is 5.92 Å². The highest BCUT2D eigenvalue weighted by Gasteiger charge is 2.27. The van der Waals surface area contributed by atoms with Crippen LogP contribution >= 0.6 is 0 Å². The fraction of sp³-hybridized carbons (Fsp3) is 0.440. The van der Waals surface area contributed by atoms with Crippen LogP contribution in [-0.4, -0.2) is 54.4 Å². The van der Waals surface area contributed by atoms with Crippen LogP contribution in [0.5, 0.6) is 0 Å². The molecule has 1 amide bonds. The van der Waals surface area contributed by atoms with Crippen molar-refractivity contribution in [3.05, 3.63) is 36.8 Å². The fourth-order valence-corrected chi connectivity index (χ4v) is 4.62. The number of aromatic amines is 1. The molecule has 0 saturated carbocycles. The van der Waals surface area contributed by atoms with E-state index >= 15 is 0 Å². The van der Waals surface area contributed by atoms with Gasteiger partial charge >= 0.3 is 6.09 Å². The molecule has 3 aromatic heterocycles. The summed E-state index contributed by atoms with van der Waals surface area (Å²) in [5.41, 5.74) is 9.42. The van der Waals surface area contributed by atoms with Crippen LogP contribution in [0, 0.1) is 5.92 Å². The molecule has 1 saturated heterocycles. The zero-order valence-corrected chi connectivity index (χ0v) is 19.9. The second-order valence-electron chi connectivity index (χ2n) is 10.0. The minimum Gasteiger partial charge on any atom is -0.444 e. The lowest BCUT2D eigenvalue weighted by molar-refractivity contribution is 0.0179. The lowest BCUT2D eigenvalue weighted by Gasteiger charge is -2.33. The normalized spacial score (nSPS) is 15.3. The maximum absolute atomic E-state index is 12.3. The maximum atomic E-state index is 12.3. The van der Waals surface area contributed by atoms with Crippen LogP contribution in [0.15, 0.2) is 36.8 Å². The maximum Gasteiger partial charge on any atom is 0.410 e. The van der Waals surface area contributed by atoms with E-state index in [0.717, 1.165) is 72.1 Å². The molecule has 0 bridgehead atoms. The minimum absolute atomic E-state index is 0.222. The predicted octanol–water partition coefficient (Wildman–Crippen LogP) is 4.59. The van der Waals surface area contributed by atoms with Crippen molar-refractivity contribution in [2.45, 2.75) is 52.2 Å². The molecule has 0 aliphatic carbocycles. The van der Waals surface area contributed by atoms with Crippen molar-refractivity contribution in [2.75, 3.05) is 18.8 Å². The molecular formula is C25H31N7O2. The van der Waals surface area contributed by atoms with Crippen molar-refractivity contribution in [1.82, 2.24) is 29.6 Å². The largest absolute Gasteiger partial charge is 0.444 e. The monoisotopic (exact) mass is 461 g/mol. The number of piperidine rings is 1. The number of nitrogens with zero attached hydrogens (tertiary/aromatic N) is 5. The molecule has 0 unspecified atom stereocenters. The summed E-state index contributed by atoms with van der Waals surface area (Å²) in [4.78, 5) is 26.1. The van der Waals surface area contributed by atoms with Gasteiger partial charge in [-0.15, -0.1) is 0 Å². The number of nitrogen functional groups attached to an aromatic ring is 1. The Bertz CT molecular complexity index is 1330. The first-order valence-corrected chi connectivity index (χ1v) is 11.8. The first-order valence-electron chi connectivity index (χ1n) is 11.8. The van der Waals surface area contributed by atoms with Gasteiger partial charge in [0.15, 0.2) is 5.65 Å². The van der Waals surface area contributed by atoms with E-state index in [-0.39, 0.29) is 6.09 Å². The summed E-state index contributed by atoms with van der Waals surface area (Å²) < 4.78 is 7.46. The third kappa shape index (κ3) is 4.42. The molecule has 0 atom stereocenters. The Hall–Kier alpha value is -3.62. The van der Waals surface area contributed by atoms with Crippen LogP contribution in [0.4, 0.5) is 10.6 Å². The summed E-state index contributed by atoms with van der Waals surface area (Å²) in [6.07, 6.45) is 6.06. The topological polar surface area (TPSA) is 115 Å². The second-order valence-corrected chi connectivity index (χ2v) is 10.0. The summed E-state index contributed by atoms with van der Waals surface area (Å²) >= 11 is 0. The number of fused-ring (bicyclic) bond motifs is 2. The first-order chi connectivity index (χ1) is 16.3. The lowest BCUT2D eigenvalue weighted by atomic mass is 9.94. The van der Waals surface area contributed by atoms with E-state index in [0.29, 0.717) is 11.7 Å². The molecule has 1 aliphatic heterocycles. The van der Waals surface area contributed by atoms with Crippen LogP contribution in [0.3, 0.4) is 0 Å². The SMILES string of the molecule is CC(C)(C)OC(=O)N1CCC(CCn2nc(-c3ccc4[nH]ccc4c3)c3c(N)ncnc32)CC1. The van der Waals surface area contributed by atoms with Gasteiger partial charge in [0, 0.05) is 42.3 Å². The number of likely N-dealkylation sites (tertiary alicyclic amines) is 1. The Morgan fingerprint density at radius 1 is 1.21 bits per heavy atom. The summed E-state index contributed by atoms with van der Waals surface area (Å²) in [5.74, 6) is 0.947. The molecule has 0 radical (unpaired) electrons. The number of H-pyrrole nitrogens is 1. The molecule has 5 rings (SSSR count). The number of aromatic nitrogens is 5. The van der Waals surface area contributed by atoms with Gasteiger partial charge in [0.2, 0.25) is 0 Å². The third-order valence-corrected chi connectivity index (χ3v) is 6.40. The van der Waals surface area contributed by atoms with E-state index in [1.807, 2.05) is 54.7 Å². The molecule has 9 heteroatoms. The lowest BCUT2D eigenvalue weighted by Crippen LogP contribution is -2.41. The predicted molar refractivity (Wildman–Crippen MR) is 132 cm³/mol. The average molecular weight is 462 g/mol. The number of amides is 1. The number of rotatable bonds is 4. The van der Waals surface area contributed by atoms with Gasteiger partial charge in [0.1, 0.15) is 23.4 Å². The standard InChI is InChI=1S/C25H31N7O2/c1-25(2,3)34-24(33)31-11-7-16(8-12-31)9-13-32-23-20(22(26)28-15-29-23)21(30-32)18-4-5-19-17(14-18)6-10-27-19/h4-6,10,14-16,27H,7-9,11-13H2,1-3H3,(H2,26,28,29). The first kappa shape index (κ1) is 22.2. The summed E-state index contributed by atoms with van der Waals surface area (Å²) in [7, 11) is 0. The average Bonchev–Trinajstić information content (AvgIpc) is 3.41. The van der Waals surface area contributed by atoms with Crippen molar-refractivity contribution in [3.8, 4) is 11.3 Å². The smallest absolute Gasteiger partial charge is 0.410 e. The van der Waals surface area contributed by atoms with Crippen LogP contribution in [0.1, 0.15) is 40.0 Å². The molecular weight excluding hydrogens is 430 g/mol. The number of nitrogens with two attached hydrogens (primary N) is 1.